The van der Waals surface area contributed by atoms with Crippen LogP contribution in [0.15, 0.2) is 39.8 Å². The van der Waals surface area contributed by atoms with Gasteiger partial charge in [0.2, 0.25) is 0 Å². The van der Waals surface area contributed by atoms with Crippen molar-refractivity contribution in [3.63, 3.8) is 0 Å². The van der Waals surface area contributed by atoms with Crippen molar-refractivity contribution in [1.29, 1.82) is 0 Å². The predicted octanol–water partition coefficient (Wildman–Crippen LogP) is 4.19. The Balaban J connectivity index is 1.84. The van der Waals surface area contributed by atoms with E-state index in [1.54, 1.807) is 0 Å². The van der Waals surface area contributed by atoms with Crippen LogP contribution in [0, 0.1) is 0 Å². The van der Waals surface area contributed by atoms with Gasteiger partial charge in [-0.25, -0.2) is 0 Å². The van der Waals surface area contributed by atoms with Crippen molar-refractivity contribution < 1.29 is 0 Å². The van der Waals surface area contributed by atoms with E-state index in [9.17, 15) is 0 Å². The maximum atomic E-state index is 3.82. The summed E-state index contributed by atoms with van der Waals surface area (Å²) in [5, 5.41) is 3.48. The average Bonchev–Trinajstić information content (AvgIpc) is 2.17. The minimum atomic E-state index is 0.645. The molecule has 1 aromatic rings. The van der Waals surface area contributed by atoms with E-state index in [-0.39, 0.29) is 0 Å². The Morgan fingerprint density at radius 2 is 2.06 bits per heavy atom. The molecule has 0 heterocycles. The molecule has 0 amide bonds. The third kappa shape index (κ3) is 2.96. The van der Waals surface area contributed by atoms with Crippen LogP contribution < -0.4 is 5.32 Å². The molecule has 1 aromatic carbocycles. The van der Waals surface area contributed by atoms with Crippen molar-refractivity contribution in [1.82, 2.24) is 5.32 Å². The number of hydrogen-bond acceptors (Lipinski definition) is 1. The van der Waals surface area contributed by atoms with Gasteiger partial charge in [0.05, 0.1) is 0 Å². The molecule has 1 aliphatic rings. The standard InChI is InChI=1S/C13H15Br2N/c1-9(14)8-16-11-6-10(7-11)12-4-2-3-5-13(12)15/h2-5,10-11,16H,1,6-8H2. The molecule has 0 unspecified atom stereocenters. The smallest absolute Gasteiger partial charge is 0.0268 e. The van der Waals surface area contributed by atoms with E-state index >= 15 is 0 Å². The minimum absolute atomic E-state index is 0.645. The summed E-state index contributed by atoms with van der Waals surface area (Å²) in [7, 11) is 0. The SMILES string of the molecule is C=C(Br)CNC1CC(c2ccccc2Br)C1. The number of benzene rings is 1. The molecule has 86 valence electrons. The molecule has 2 rings (SSSR count). The summed E-state index contributed by atoms with van der Waals surface area (Å²) < 4.78 is 2.26. The third-order valence-electron chi connectivity index (χ3n) is 3.07. The van der Waals surface area contributed by atoms with Crippen molar-refractivity contribution in [3.05, 3.63) is 45.4 Å². The quantitative estimate of drug-likeness (QED) is 0.863. The molecule has 1 N–H and O–H groups in total. The lowest BCUT2D eigenvalue weighted by molar-refractivity contribution is 0.298. The van der Waals surface area contributed by atoms with Crippen LogP contribution in [0.1, 0.15) is 24.3 Å². The summed E-state index contributed by atoms with van der Waals surface area (Å²) in [5.74, 6) is 0.705. The molecule has 0 aromatic heterocycles. The van der Waals surface area contributed by atoms with Gasteiger partial charge in [0.25, 0.3) is 0 Å². The summed E-state index contributed by atoms with van der Waals surface area (Å²) in [4.78, 5) is 0. The predicted molar refractivity (Wildman–Crippen MR) is 76.0 cm³/mol. The maximum Gasteiger partial charge on any atom is 0.0268 e. The molecule has 1 nitrogen and oxygen atoms in total. The normalized spacial score (nSPS) is 23.9. The van der Waals surface area contributed by atoms with Gasteiger partial charge in [-0.15, -0.1) is 0 Å². The van der Waals surface area contributed by atoms with Gasteiger partial charge in [-0.05, 0) is 30.4 Å². The molecule has 16 heavy (non-hydrogen) atoms. The second-order valence-corrected chi connectivity index (χ2v) is 6.26. The lowest BCUT2D eigenvalue weighted by Crippen LogP contribution is -2.40. The van der Waals surface area contributed by atoms with Crippen molar-refractivity contribution in [2.45, 2.75) is 24.8 Å². The fraction of sp³-hybridized carbons (Fsp3) is 0.385. The zero-order valence-corrected chi connectivity index (χ0v) is 12.2. The van der Waals surface area contributed by atoms with E-state index in [2.05, 4.69) is 68.0 Å². The van der Waals surface area contributed by atoms with Gasteiger partial charge < -0.3 is 5.32 Å². The second kappa shape index (κ2) is 5.48. The number of hydrogen-bond donors (Lipinski definition) is 1. The van der Waals surface area contributed by atoms with E-state index in [1.807, 2.05) is 0 Å². The van der Waals surface area contributed by atoms with Gasteiger partial charge in [-0.3, -0.25) is 0 Å². The summed E-state index contributed by atoms with van der Waals surface area (Å²) >= 11 is 6.98. The van der Waals surface area contributed by atoms with E-state index in [0.29, 0.717) is 12.0 Å². The zero-order valence-electron chi connectivity index (χ0n) is 9.05. The lowest BCUT2D eigenvalue weighted by atomic mass is 9.76. The van der Waals surface area contributed by atoms with Gasteiger partial charge in [-0.1, -0.05) is 56.6 Å². The van der Waals surface area contributed by atoms with Crippen molar-refractivity contribution in [2.75, 3.05) is 6.54 Å². The maximum absolute atomic E-state index is 3.82. The van der Waals surface area contributed by atoms with Crippen molar-refractivity contribution in [3.8, 4) is 0 Å². The van der Waals surface area contributed by atoms with Crippen LogP contribution in [-0.4, -0.2) is 12.6 Å². The second-order valence-electron chi connectivity index (χ2n) is 4.28. The van der Waals surface area contributed by atoms with Crippen LogP contribution in [0.2, 0.25) is 0 Å². The summed E-state index contributed by atoms with van der Waals surface area (Å²) in [6.07, 6.45) is 2.45. The van der Waals surface area contributed by atoms with Crippen LogP contribution in [-0.2, 0) is 0 Å². The molecule has 0 aliphatic heterocycles. The first-order valence-corrected chi connectivity index (χ1v) is 7.06. The highest BCUT2D eigenvalue weighted by atomic mass is 79.9. The highest BCUT2D eigenvalue weighted by molar-refractivity contribution is 9.11. The number of halogens is 2. The van der Waals surface area contributed by atoms with E-state index < -0.39 is 0 Å². The molecule has 0 spiro atoms. The first-order valence-electron chi connectivity index (χ1n) is 5.48. The van der Waals surface area contributed by atoms with Gasteiger partial charge in [0.1, 0.15) is 0 Å². The van der Waals surface area contributed by atoms with Crippen LogP contribution in [0.25, 0.3) is 0 Å². The first-order chi connectivity index (χ1) is 7.66. The summed E-state index contributed by atoms with van der Waals surface area (Å²) in [6.45, 7) is 4.69. The highest BCUT2D eigenvalue weighted by Crippen LogP contribution is 2.39. The van der Waals surface area contributed by atoms with Gasteiger partial charge >= 0.3 is 0 Å². The van der Waals surface area contributed by atoms with E-state index in [0.717, 1.165) is 11.0 Å². The molecule has 1 saturated carbocycles. The third-order valence-corrected chi connectivity index (χ3v) is 4.07. The monoisotopic (exact) mass is 343 g/mol. The Morgan fingerprint density at radius 1 is 1.38 bits per heavy atom. The fourth-order valence-electron chi connectivity index (χ4n) is 2.10. The molecule has 3 heteroatoms. The molecule has 1 aliphatic carbocycles. The Morgan fingerprint density at radius 3 is 2.69 bits per heavy atom. The van der Waals surface area contributed by atoms with E-state index in [1.165, 1.54) is 22.9 Å². The van der Waals surface area contributed by atoms with Crippen LogP contribution in [0.4, 0.5) is 0 Å². The average molecular weight is 345 g/mol. The molecular formula is C13H15Br2N. The highest BCUT2D eigenvalue weighted by Gasteiger charge is 2.30. The van der Waals surface area contributed by atoms with Crippen LogP contribution in [0.3, 0.4) is 0 Å². The Kier molecular flexibility index (Phi) is 4.22. The lowest BCUT2D eigenvalue weighted by Gasteiger charge is -2.36. The molecule has 0 atom stereocenters. The number of nitrogens with one attached hydrogen (secondary N) is 1. The van der Waals surface area contributed by atoms with Crippen molar-refractivity contribution in [2.24, 2.45) is 0 Å². The minimum Gasteiger partial charge on any atom is -0.309 e. The molecule has 0 saturated heterocycles. The zero-order chi connectivity index (χ0) is 11.5. The van der Waals surface area contributed by atoms with E-state index in [4.69, 9.17) is 0 Å². The molecular weight excluding hydrogens is 330 g/mol. The molecule has 0 bridgehead atoms. The van der Waals surface area contributed by atoms with Gasteiger partial charge in [0, 0.05) is 21.5 Å². The van der Waals surface area contributed by atoms with Crippen molar-refractivity contribution >= 4 is 31.9 Å². The Hall–Kier alpha value is -0.120. The number of rotatable bonds is 4. The first kappa shape index (κ1) is 12.3. The van der Waals surface area contributed by atoms with Gasteiger partial charge in [0.15, 0.2) is 0 Å². The van der Waals surface area contributed by atoms with Crippen LogP contribution in [0.5, 0.6) is 0 Å². The molecule has 1 fully saturated rings. The van der Waals surface area contributed by atoms with Crippen LogP contribution >= 0.6 is 31.9 Å². The van der Waals surface area contributed by atoms with Gasteiger partial charge in [-0.2, -0.15) is 0 Å². The molecule has 0 radical (unpaired) electrons. The fourth-order valence-corrected chi connectivity index (χ4v) is 2.87. The Labute approximate surface area is 114 Å². The Bertz CT molecular complexity index is 383. The summed E-state index contributed by atoms with van der Waals surface area (Å²) in [5.41, 5.74) is 1.44. The largest absolute Gasteiger partial charge is 0.309 e. The topological polar surface area (TPSA) is 12.0 Å². The summed E-state index contributed by atoms with van der Waals surface area (Å²) in [6, 6.07) is 9.16.